The van der Waals surface area contributed by atoms with E-state index in [1.54, 1.807) is 18.6 Å². The Morgan fingerprint density at radius 2 is 2.26 bits per heavy atom. The highest BCUT2D eigenvalue weighted by Crippen LogP contribution is 2.43. The lowest BCUT2D eigenvalue weighted by molar-refractivity contribution is 0.0865. The van der Waals surface area contributed by atoms with E-state index < -0.39 is 5.60 Å². The van der Waals surface area contributed by atoms with Crippen molar-refractivity contribution in [1.82, 2.24) is 9.55 Å². The van der Waals surface area contributed by atoms with Crippen molar-refractivity contribution in [2.24, 2.45) is 0 Å². The summed E-state index contributed by atoms with van der Waals surface area (Å²) < 4.78 is 16.2. The number of aliphatic hydroxyl groups is 1. The third kappa shape index (κ3) is 1.49. The van der Waals surface area contributed by atoms with Crippen LogP contribution in [-0.2, 0) is 12.1 Å². The molecule has 0 saturated heterocycles. The summed E-state index contributed by atoms with van der Waals surface area (Å²) in [6, 6.07) is 6.59. The molecule has 1 atom stereocenters. The Balaban J connectivity index is 1.91. The summed E-state index contributed by atoms with van der Waals surface area (Å²) >= 11 is 1.51. The molecule has 0 bridgehead atoms. The Morgan fingerprint density at radius 1 is 1.37 bits per heavy atom. The largest absolute Gasteiger partial charge is 0.378 e. The maximum atomic E-state index is 13.2. The smallest absolute Gasteiger partial charge is 0.142 e. The second-order valence-corrected chi connectivity index (χ2v) is 5.96. The van der Waals surface area contributed by atoms with E-state index in [-0.39, 0.29) is 5.82 Å². The quantitative estimate of drug-likeness (QED) is 0.741. The van der Waals surface area contributed by atoms with Crippen molar-refractivity contribution in [3.05, 3.63) is 53.2 Å². The zero-order valence-corrected chi connectivity index (χ0v) is 10.8. The van der Waals surface area contributed by atoms with E-state index in [2.05, 4.69) is 4.98 Å². The SMILES string of the molecule is O[C@]1(c2cc3cc(F)ccc3s2)CCn2cncc21. The fraction of sp³-hybridized carbons (Fsp3) is 0.214. The third-order valence-corrected chi connectivity index (χ3v) is 5.00. The number of aromatic nitrogens is 2. The van der Waals surface area contributed by atoms with Gasteiger partial charge in [0.2, 0.25) is 0 Å². The topological polar surface area (TPSA) is 38.0 Å². The molecule has 0 aliphatic carbocycles. The Bertz CT molecular complexity index is 779. The van der Waals surface area contributed by atoms with Gasteiger partial charge >= 0.3 is 0 Å². The molecule has 5 heteroatoms. The van der Waals surface area contributed by atoms with Crippen LogP contribution in [0.1, 0.15) is 17.0 Å². The number of benzene rings is 1. The molecule has 0 fully saturated rings. The number of hydrogen-bond donors (Lipinski definition) is 1. The molecular formula is C14H11FN2OS. The molecule has 0 saturated carbocycles. The molecule has 0 amide bonds. The van der Waals surface area contributed by atoms with Gasteiger partial charge in [-0.25, -0.2) is 9.37 Å². The van der Waals surface area contributed by atoms with Crippen molar-refractivity contribution < 1.29 is 9.50 Å². The number of nitrogens with zero attached hydrogens (tertiary/aromatic N) is 2. The summed E-state index contributed by atoms with van der Waals surface area (Å²) in [6.45, 7) is 0.758. The fourth-order valence-electron chi connectivity index (χ4n) is 2.72. The highest BCUT2D eigenvalue weighted by molar-refractivity contribution is 7.19. The fourth-order valence-corrected chi connectivity index (χ4v) is 3.89. The monoisotopic (exact) mass is 274 g/mol. The third-order valence-electron chi connectivity index (χ3n) is 3.74. The molecule has 0 unspecified atom stereocenters. The van der Waals surface area contributed by atoms with Crippen molar-refractivity contribution in [1.29, 1.82) is 0 Å². The van der Waals surface area contributed by atoms with E-state index in [0.717, 1.165) is 27.2 Å². The predicted molar refractivity (Wildman–Crippen MR) is 71.6 cm³/mol. The van der Waals surface area contributed by atoms with Gasteiger partial charge in [-0.2, -0.15) is 0 Å². The van der Waals surface area contributed by atoms with Crippen molar-refractivity contribution in [2.75, 3.05) is 0 Å². The number of rotatable bonds is 1. The molecule has 3 nitrogen and oxygen atoms in total. The summed E-state index contributed by atoms with van der Waals surface area (Å²) in [7, 11) is 0. The van der Waals surface area contributed by atoms with Crippen molar-refractivity contribution >= 4 is 21.4 Å². The first-order valence-corrected chi connectivity index (χ1v) is 6.91. The van der Waals surface area contributed by atoms with Crippen LogP contribution in [0, 0.1) is 5.82 Å². The minimum Gasteiger partial charge on any atom is -0.378 e. The molecular weight excluding hydrogens is 263 g/mol. The summed E-state index contributed by atoms with van der Waals surface area (Å²) in [6.07, 6.45) is 4.08. The van der Waals surface area contributed by atoms with Crippen LogP contribution in [0.3, 0.4) is 0 Å². The zero-order chi connectivity index (χ0) is 13.0. The van der Waals surface area contributed by atoms with Crippen LogP contribution in [0.5, 0.6) is 0 Å². The molecule has 1 aliphatic rings. The Labute approximate surface area is 112 Å². The van der Waals surface area contributed by atoms with Gasteiger partial charge in [-0.3, -0.25) is 0 Å². The Hall–Kier alpha value is -1.72. The molecule has 3 heterocycles. The molecule has 1 aromatic carbocycles. The van der Waals surface area contributed by atoms with E-state index in [1.165, 1.54) is 23.5 Å². The van der Waals surface area contributed by atoms with Gasteiger partial charge in [0.05, 0.1) is 18.2 Å². The van der Waals surface area contributed by atoms with Gasteiger partial charge in [0.25, 0.3) is 0 Å². The first-order chi connectivity index (χ1) is 9.17. The lowest BCUT2D eigenvalue weighted by atomic mass is 9.97. The van der Waals surface area contributed by atoms with E-state index >= 15 is 0 Å². The Morgan fingerprint density at radius 3 is 3.16 bits per heavy atom. The van der Waals surface area contributed by atoms with Crippen LogP contribution in [0.25, 0.3) is 10.1 Å². The van der Waals surface area contributed by atoms with Crippen LogP contribution in [-0.4, -0.2) is 14.7 Å². The molecule has 96 valence electrons. The molecule has 1 N–H and O–H groups in total. The summed E-state index contributed by atoms with van der Waals surface area (Å²) in [4.78, 5) is 4.93. The van der Waals surface area contributed by atoms with Gasteiger partial charge in [0.15, 0.2) is 0 Å². The number of halogens is 1. The van der Waals surface area contributed by atoms with Crippen LogP contribution in [0.15, 0.2) is 36.8 Å². The van der Waals surface area contributed by atoms with Crippen LogP contribution < -0.4 is 0 Å². The lowest BCUT2D eigenvalue weighted by Gasteiger charge is -2.19. The average Bonchev–Trinajstić information content (AvgIpc) is 3.06. The highest BCUT2D eigenvalue weighted by atomic mass is 32.1. The minimum atomic E-state index is -0.989. The van der Waals surface area contributed by atoms with Gasteiger partial charge in [-0.15, -0.1) is 11.3 Å². The lowest BCUT2D eigenvalue weighted by Crippen LogP contribution is -2.22. The van der Waals surface area contributed by atoms with E-state index in [0.29, 0.717) is 6.42 Å². The summed E-state index contributed by atoms with van der Waals surface area (Å²) in [5.74, 6) is -0.250. The standard InChI is InChI=1S/C14H11FN2OS/c15-10-1-2-11-9(5-10)6-13(19-11)14(18)3-4-17-8-16-7-12(14)17/h1-2,5-8,18H,3-4H2/t14-/m1/s1. The molecule has 4 rings (SSSR count). The summed E-state index contributed by atoms with van der Waals surface area (Å²) in [5.41, 5.74) is -0.170. The normalized spacial score (nSPS) is 22.0. The number of thiophene rings is 1. The van der Waals surface area contributed by atoms with E-state index in [4.69, 9.17) is 0 Å². The Kier molecular flexibility index (Phi) is 2.14. The summed E-state index contributed by atoms with van der Waals surface area (Å²) in [5, 5.41) is 11.8. The second-order valence-electron chi connectivity index (χ2n) is 4.88. The maximum absolute atomic E-state index is 13.2. The minimum absolute atomic E-state index is 0.250. The number of aryl methyl sites for hydroxylation is 1. The number of hydrogen-bond acceptors (Lipinski definition) is 3. The van der Waals surface area contributed by atoms with Gasteiger partial charge in [0, 0.05) is 22.5 Å². The van der Waals surface area contributed by atoms with Gasteiger partial charge in [-0.1, -0.05) is 0 Å². The van der Waals surface area contributed by atoms with Gasteiger partial charge < -0.3 is 9.67 Å². The number of imidazole rings is 1. The van der Waals surface area contributed by atoms with Crippen molar-refractivity contribution in [3.63, 3.8) is 0 Å². The van der Waals surface area contributed by atoms with E-state index in [9.17, 15) is 9.50 Å². The van der Waals surface area contributed by atoms with Crippen molar-refractivity contribution in [2.45, 2.75) is 18.6 Å². The second kappa shape index (κ2) is 3.65. The first-order valence-electron chi connectivity index (χ1n) is 6.09. The van der Waals surface area contributed by atoms with Crippen LogP contribution >= 0.6 is 11.3 Å². The van der Waals surface area contributed by atoms with Gasteiger partial charge in [-0.05, 0) is 29.7 Å². The van der Waals surface area contributed by atoms with Crippen molar-refractivity contribution in [3.8, 4) is 0 Å². The highest BCUT2D eigenvalue weighted by Gasteiger charge is 2.40. The predicted octanol–water partition coefficient (Wildman–Crippen LogP) is 2.88. The molecule has 3 aromatic rings. The van der Waals surface area contributed by atoms with Crippen LogP contribution in [0.4, 0.5) is 4.39 Å². The first kappa shape index (κ1) is 11.1. The van der Waals surface area contributed by atoms with E-state index in [1.807, 2.05) is 10.6 Å². The number of fused-ring (bicyclic) bond motifs is 2. The van der Waals surface area contributed by atoms with Gasteiger partial charge in [0.1, 0.15) is 11.4 Å². The maximum Gasteiger partial charge on any atom is 0.142 e. The molecule has 1 aliphatic heterocycles. The average molecular weight is 274 g/mol. The molecule has 2 aromatic heterocycles. The zero-order valence-electron chi connectivity index (χ0n) is 10.0. The molecule has 19 heavy (non-hydrogen) atoms. The van der Waals surface area contributed by atoms with Crippen LogP contribution in [0.2, 0.25) is 0 Å². The molecule has 0 radical (unpaired) electrons. The molecule has 0 spiro atoms.